The zero-order valence-electron chi connectivity index (χ0n) is 10.8. The molecule has 3 nitrogen and oxygen atoms in total. The minimum Gasteiger partial charge on any atom is -0.369 e. The van der Waals surface area contributed by atoms with Crippen molar-refractivity contribution in [2.75, 3.05) is 31.1 Å². The summed E-state index contributed by atoms with van der Waals surface area (Å²) in [7, 11) is 0. The Morgan fingerprint density at radius 2 is 1.74 bits per heavy atom. The second-order valence-corrected chi connectivity index (χ2v) is 4.96. The maximum Gasteiger partial charge on any atom is 0.123 e. The van der Waals surface area contributed by atoms with Gasteiger partial charge in [-0.05, 0) is 35.9 Å². The third kappa shape index (κ3) is 2.96. The largest absolute Gasteiger partial charge is 0.369 e. The smallest absolute Gasteiger partial charge is 0.123 e. The van der Waals surface area contributed by atoms with Gasteiger partial charge in [-0.3, -0.25) is 4.90 Å². The molecule has 0 spiro atoms. The van der Waals surface area contributed by atoms with Crippen LogP contribution in [0.4, 0.5) is 10.1 Å². The molecule has 1 aromatic heterocycles. The Labute approximate surface area is 112 Å². The molecule has 0 aliphatic carbocycles. The lowest BCUT2D eigenvalue weighted by atomic mass is 10.2. The van der Waals surface area contributed by atoms with Crippen LogP contribution in [0.25, 0.3) is 0 Å². The number of halogens is 1. The SMILES string of the molecule is Fc1ccc(N2CCN(Cc3cc[nH]c3)CC2)cc1. The zero-order chi connectivity index (χ0) is 13.1. The first-order valence-electron chi connectivity index (χ1n) is 6.66. The summed E-state index contributed by atoms with van der Waals surface area (Å²) in [5, 5.41) is 0. The van der Waals surface area contributed by atoms with Crippen molar-refractivity contribution >= 4 is 5.69 Å². The normalized spacial score (nSPS) is 16.8. The molecule has 1 fully saturated rings. The predicted octanol–water partition coefficient (Wildman–Crippen LogP) is 2.48. The van der Waals surface area contributed by atoms with Crippen molar-refractivity contribution in [2.24, 2.45) is 0 Å². The summed E-state index contributed by atoms with van der Waals surface area (Å²) < 4.78 is 12.9. The summed E-state index contributed by atoms with van der Waals surface area (Å²) in [6, 6.07) is 8.89. The lowest BCUT2D eigenvalue weighted by molar-refractivity contribution is 0.250. The molecule has 1 aromatic carbocycles. The van der Waals surface area contributed by atoms with E-state index in [1.54, 1.807) is 0 Å². The molecule has 19 heavy (non-hydrogen) atoms. The summed E-state index contributed by atoms with van der Waals surface area (Å²) in [6.45, 7) is 5.08. The van der Waals surface area contributed by atoms with Crippen LogP contribution in [0.1, 0.15) is 5.56 Å². The fourth-order valence-corrected chi connectivity index (χ4v) is 2.53. The third-order valence-corrected chi connectivity index (χ3v) is 3.63. The Balaban J connectivity index is 1.56. The van der Waals surface area contributed by atoms with E-state index in [1.165, 1.54) is 17.7 Å². The number of anilines is 1. The molecule has 1 aliphatic heterocycles. The monoisotopic (exact) mass is 259 g/mol. The van der Waals surface area contributed by atoms with Crippen molar-refractivity contribution in [1.82, 2.24) is 9.88 Å². The molecule has 0 amide bonds. The Hall–Kier alpha value is -1.81. The molecule has 3 rings (SSSR count). The summed E-state index contributed by atoms with van der Waals surface area (Å²) in [5.74, 6) is -0.171. The minimum absolute atomic E-state index is 0.171. The lowest BCUT2D eigenvalue weighted by Crippen LogP contribution is -2.45. The second kappa shape index (κ2) is 5.45. The van der Waals surface area contributed by atoms with Crippen LogP contribution in [0, 0.1) is 5.82 Å². The molecule has 2 heterocycles. The van der Waals surface area contributed by atoms with Crippen LogP contribution in [0.5, 0.6) is 0 Å². The van der Waals surface area contributed by atoms with E-state index in [-0.39, 0.29) is 5.82 Å². The van der Waals surface area contributed by atoms with Crippen molar-refractivity contribution in [3.05, 3.63) is 54.1 Å². The Bertz CT molecular complexity index is 499. The summed E-state index contributed by atoms with van der Waals surface area (Å²) in [6.07, 6.45) is 4.01. The van der Waals surface area contributed by atoms with E-state index in [0.717, 1.165) is 38.4 Å². The summed E-state index contributed by atoms with van der Waals surface area (Å²) in [4.78, 5) is 7.85. The van der Waals surface area contributed by atoms with Gasteiger partial charge in [0, 0.05) is 50.8 Å². The van der Waals surface area contributed by atoms with Crippen LogP contribution >= 0.6 is 0 Å². The molecule has 4 heteroatoms. The van der Waals surface area contributed by atoms with Crippen LogP contribution in [0.15, 0.2) is 42.7 Å². The van der Waals surface area contributed by atoms with E-state index in [0.29, 0.717) is 0 Å². The maximum absolute atomic E-state index is 12.9. The molecular weight excluding hydrogens is 241 g/mol. The first-order valence-corrected chi connectivity index (χ1v) is 6.66. The van der Waals surface area contributed by atoms with Crippen LogP contribution in [0.3, 0.4) is 0 Å². The summed E-state index contributed by atoms with van der Waals surface area (Å²) >= 11 is 0. The van der Waals surface area contributed by atoms with E-state index in [4.69, 9.17) is 0 Å². The quantitative estimate of drug-likeness (QED) is 0.915. The molecule has 2 aromatic rings. The number of nitrogens with one attached hydrogen (secondary N) is 1. The maximum atomic E-state index is 12.9. The number of aromatic nitrogens is 1. The lowest BCUT2D eigenvalue weighted by Gasteiger charge is -2.36. The van der Waals surface area contributed by atoms with E-state index >= 15 is 0 Å². The van der Waals surface area contributed by atoms with Gasteiger partial charge in [-0.1, -0.05) is 0 Å². The number of benzene rings is 1. The first kappa shape index (κ1) is 12.2. The minimum atomic E-state index is -0.171. The highest BCUT2D eigenvalue weighted by Gasteiger charge is 2.17. The van der Waals surface area contributed by atoms with Gasteiger partial charge in [0.1, 0.15) is 5.82 Å². The van der Waals surface area contributed by atoms with Crippen molar-refractivity contribution in [1.29, 1.82) is 0 Å². The van der Waals surface area contributed by atoms with Crippen LogP contribution in [-0.2, 0) is 6.54 Å². The predicted molar refractivity (Wildman–Crippen MR) is 74.7 cm³/mol. The van der Waals surface area contributed by atoms with E-state index in [9.17, 15) is 4.39 Å². The summed E-state index contributed by atoms with van der Waals surface area (Å²) in [5.41, 5.74) is 2.44. The number of H-pyrrole nitrogens is 1. The van der Waals surface area contributed by atoms with Gasteiger partial charge in [0.05, 0.1) is 0 Å². The molecular formula is C15H18FN3. The Morgan fingerprint density at radius 3 is 2.37 bits per heavy atom. The fraction of sp³-hybridized carbons (Fsp3) is 0.333. The highest BCUT2D eigenvalue weighted by Crippen LogP contribution is 2.17. The van der Waals surface area contributed by atoms with Crippen LogP contribution in [-0.4, -0.2) is 36.1 Å². The van der Waals surface area contributed by atoms with Gasteiger partial charge < -0.3 is 9.88 Å². The fourth-order valence-electron chi connectivity index (χ4n) is 2.53. The van der Waals surface area contributed by atoms with Crippen molar-refractivity contribution in [3.63, 3.8) is 0 Å². The Morgan fingerprint density at radius 1 is 1.00 bits per heavy atom. The van der Waals surface area contributed by atoms with Crippen LogP contribution < -0.4 is 4.90 Å². The van der Waals surface area contributed by atoms with Gasteiger partial charge in [-0.2, -0.15) is 0 Å². The van der Waals surface area contributed by atoms with Crippen molar-refractivity contribution in [2.45, 2.75) is 6.54 Å². The van der Waals surface area contributed by atoms with Gasteiger partial charge in [0.15, 0.2) is 0 Å². The topological polar surface area (TPSA) is 22.3 Å². The number of rotatable bonds is 3. The highest BCUT2D eigenvalue weighted by molar-refractivity contribution is 5.46. The molecule has 100 valence electrons. The standard InChI is InChI=1S/C15H18FN3/c16-14-1-3-15(4-2-14)19-9-7-18(8-10-19)12-13-5-6-17-11-13/h1-6,11,17H,7-10,12H2. The van der Waals surface area contributed by atoms with Gasteiger partial charge >= 0.3 is 0 Å². The molecule has 0 unspecified atom stereocenters. The zero-order valence-corrected chi connectivity index (χ0v) is 10.8. The van der Waals surface area contributed by atoms with Crippen LogP contribution in [0.2, 0.25) is 0 Å². The molecule has 1 aliphatic rings. The molecule has 1 N–H and O–H groups in total. The molecule has 1 saturated heterocycles. The average molecular weight is 259 g/mol. The highest BCUT2D eigenvalue weighted by atomic mass is 19.1. The van der Waals surface area contributed by atoms with Gasteiger partial charge in [-0.25, -0.2) is 4.39 Å². The van der Waals surface area contributed by atoms with E-state index in [1.807, 2.05) is 24.5 Å². The number of aromatic amines is 1. The third-order valence-electron chi connectivity index (χ3n) is 3.63. The number of piperazine rings is 1. The van der Waals surface area contributed by atoms with E-state index < -0.39 is 0 Å². The second-order valence-electron chi connectivity index (χ2n) is 4.96. The average Bonchev–Trinajstić information content (AvgIpc) is 2.94. The van der Waals surface area contributed by atoms with Gasteiger partial charge in [-0.15, -0.1) is 0 Å². The Kier molecular flexibility index (Phi) is 3.51. The van der Waals surface area contributed by atoms with E-state index in [2.05, 4.69) is 20.9 Å². The molecule has 0 saturated carbocycles. The van der Waals surface area contributed by atoms with Crippen molar-refractivity contribution in [3.8, 4) is 0 Å². The number of hydrogen-bond acceptors (Lipinski definition) is 2. The number of hydrogen-bond donors (Lipinski definition) is 1. The molecule has 0 atom stereocenters. The molecule has 0 bridgehead atoms. The van der Waals surface area contributed by atoms with Crippen molar-refractivity contribution < 1.29 is 4.39 Å². The van der Waals surface area contributed by atoms with Gasteiger partial charge in [0.25, 0.3) is 0 Å². The number of nitrogens with zero attached hydrogens (tertiary/aromatic N) is 2. The first-order chi connectivity index (χ1) is 9.31. The molecule has 0 radical (unpaired) electrons. The van der Waals surface area contributed by atoms with Gasteiger partial charge in [0.2, 0.25) is 0 Å².